The van der Waals surface area contributed by atoms with Crippen LogP contribution in [0.5, 0.6) is 0 Å². The van der Waals surface area contributed by atoms with Crippen LogP contribution in [0, 0.1) is 0 Å². The molecule has 0 saturated heterocycles. The second-order valence-corrected chi connectivity index (χ2v) is 6.91. The second kappa shape index (κ2) is 8.83. The van der Waals surface area contributed by atoms with Gasteiger partial charge in [0.1, 0.15) is 0 Å². The molecule has 0 aliphatic carbocycles. The molecule has 0 aliphatic heterocycles. The highest BCUT2D eigenvalue weighted by Gasteiger charge is 2.20. The largest absolute Gasteiger partial charge is 0.353 e. The van der Waals surface area contributed by atoms with Gasteiger partial charge in [-0.15, -0.1) is 0 Å². The fourth-order valence-corrected chi connectivity index (χ4v) is 3.76. The maximum absolute atomic E-state index is 12.6. The van der Waals surface area contributed by atoms with Gasteiger partial charge in [-0.1, -0.05) is 66.7 Å². The summed E-state index contributed by atoms with van der Waals surface area (Å²) in [6.45, 7) is 4.32. The molecule has 4 heteroatoms. The van der Waals surface area contributed by atoms with E-state index < -0.39 is 7.60 Å². The van der Waals surface area contributed by atoms with E-state index in [4.69, 9.17) is 9.05 Å². The summed E-state index contributed by atoms with van der Waals surface area (Å²) in [4.78, 5) is 0. The van der Waals surface area contributed by atoms with E-state index in [1.165, 1.54) is 0 Å². The number of allylic oxidation sites excluding steroid dienone is 1. The average Bonchev–Trinajstić information content (AvgIpc) is 2.57. The van der Waals surface area contributed by atoms with Crippen LogP contribution in [0.4, 0.5) is 0 Å². The van der Waals surface area contributed by atoms with Crippen molar-refractivity contribution in [3.8, 4) is 0 Å². The molecule has 0 fully saturated rings. The van der Waals surface area contributed by atoms with E-state index in [0.717, 1.165) is 11.1 Å². The number of benzene rings is 2. The summed E-state index contributed by atoms with van der Waals surface area (Å²) in [5, 5.41) is 0. The minimum atomic E-state index is -3.19. The highest BCUT2D eigenvalue weighted by molar-refractivity contribution is 7.57. The summed E-state index contributed by atoms with van der Waals surface area (Å²) in [6, 6.07) is 20.2. The van der Waals surface area contributed by atoms with Crippen LogP contribution in [0.2, 0.25) is 0 Å². The molecule has 0 unspecified atom stereocenters. The molecule has 2 rings (SSSR count). The summed E-state index contributed by atoms with van der Waals surface area (Å²) in [5.41, 5.74) is 2.27. The Kier molecular flexibility index (Phi) is 6.79. The molecule has 122 valence electrons. The van der Waals surface area contributed by atoms with Crippen molar-refractivity contribution >= 4 is 7.60 Å². The third kappa shape index (κ3) is 5.18. The lowest BCUT2D eigenvalue weighted by atomic mass is 9.92. The summed E-state index contributed by atoms with van der Waals surface area (Å²) >= 11 is 0. The van der Waals surface area contributed by atoms with Crippen LogP contribution in [-0.2, 0) is 13.6 Å². The van der Waals surface area contributed by atoms with Gasteiger partial charge in [0, 0.05) is 11.7 Å². The molecule has 2 aromatic rings. The van der Waals surface area contributed by atoms with Gasteiger partial charge >= 0.3 is 7.60 Å². The zero-order valence-electron chi connectivity index (χ0n) is 13.6. The van der Waals surface area contributed by atoms with Gasteiger partial charge in [0.25, 0.3) is 0 Å². The molecule has 0 radical (unpaired) electrons. The van der Waals surface area contributed by atoms with Crippen LogP contribution < -0.4 is 0 Å². The van der Waals surface area contributed by atoms with Crippen molar-refractivity contribution in [2.24, 2.45) is 0 Å². The van der Waals surface area contributed by atoms with Crippen LogP contribution in [0.3, 0.4) is 0 Å². The van der Waals surface area contributed by atoms with Crippen molar-refractivity contribution in [2.45, 2.75) is 19.8 Å². The third-order valence-electron chi connectivity index (χ3n) is 3.40. The molecule has 0 saturated carbocycles. The van der Waals surface area contributed by atoms with E-state index in [0.29, 0.717) is 13.2 Å². The van der Waals surface area contributed by atoms with Crippen LogP contribution in [0.1, 0.15) is 30.9 Å². The molecular weight excluding hydrogens is 307 g/mol. The van der Waals surface area contributed by atoms with Crippen molar-refractivity contribution in [3.05, 3.63) is 83.7 Å². The van der Waals surface area contributed by atoms with E-state index in [9.17, 15) is 4.57 Å². The van der Waals surface area contributed by atoms with Gasteiger partial charge in [0.2, 0.25) is 0 Å². The first-order valence-electron chi connectivity index (χ1n) is 7.86. The fourth-order valence-electron chi connectivity index (χ4n) is 2.41. The number of hydrogen-bond donors (Lipinski definition) is 0. The highest BCUT2D eigenvalue weighted by Crippen LogP contribution is 2.50. The molecule has 0 heterocycles. The van der Waals surface area contributed by atoms with Crippen LogP contribution >= 0.6 is 7.60 Å². The first-order chi connectivity index (χ1) is 11.2. The molecular formula is C19H23O3P. The predicted octanol–water partition coefficient (Wildman–Crippen LogP) is 5.60. The van der Waals surface area contributed by atoms with E-state index in [-0.39, 0.29) is 5.92 Å². The Bertz CT molecular complexity index is 603. The smallest absolute Gasteiger partial charge is 0.306 e. The quantitative estimate of drug-likeness (QED) is 0.591. The van der Waals surface area contributed by atoms with Crippen molar-refractivity contribution in [1.82, 2.24) is 0 Å². The van der Waals surface area contributed by atoms with Gasteiger partial charge in [-0.2, -0.15) is 0 Å². The molecule has 0 atom stereocenters. The molecule has 2 aromatic carbocycles. The van der Waals surface area contributed by atoms with Gasteiger partial charge in [0.05, 0.1) is 13.2 Å². The molecule has 0 spiro atoms. The Morgan fingerprint density at radius 2 is 1.30 bits per heavy atom. The van der Waals surface area contributed by atoms with Gasteiger partial charge in [-0.05, 0) is 25.0 Å². The Morgan fingerprint density at radius 1 is 0.870 bits per heavy atom. The summed E-state index contributed by atoms with van der Waals surface area (Å²) in [5.74, 6) is 1.59. The highest BCUT2D eigenvalue weighted by atomic mass is 31.2. The fraction of sp³-hybridized carbons (Fsp3) is 0.263. The Labute approximate surface area is 138 Å². The molecule has 0 aliphatic rings. The topological polar surface area (TPSA) is 35.5 Å². The molecule has 0 amide bonds. The Morgan fingerprint density at radius 3 is 1.70 bits per heavy atom. The van der Waals surface area contributed by atoms with E-state index in [1.807, 2.05) is 56.3 Å². The minimum absolute atomic E-state index is 0.00615. The van der Waals surface area contributed by atoms with E-state index in [2.05, 4.69) is 24.3 Å². The second-order valence-electron chi connectivity index (χ2n) is 5.02. The van der Waals surface area contributed by atoms with Crippen LogP contribution in [0.25, 0.3) is 0 Å². The molecule has 3 nitrogen and oxygen atoms in total. The monoisotopic (exact) mass is 330 g/mol. The first-order valence-corrected chi connectivity index (χ1v) is 9.47. The van der Waals surface area contributed by atoms with Crippen molar-refractivity contribution in [3.63, 3.8) is 0 Å². The molecule has 23 heavy (non-hydrogen) atoms. The van der Waals surface area contributed by atoms with Crippen molar-refractivity contribution < 1.29 is 13.6 Å². The molecule has 0 aromatic heterocycles. The predicted molar refractivity (Wildman–Crippen MR) is 94.7 cm³/mol. The van der Waals surface area contributed by atoms with Crippen LogP contribution in [0.15, 0.2) is 72.6 Å². The molecule has 0 N–H and O–H groups in total. The lowest BCUT2D eigenvalue weighted by Gasteiger charge is -2.17. The minimum Gasteiger partial charge on any atom is -0.306 e. The van der Waals surface area contributed by atoms with E-state index >= 15 is 0 Å². The van der Waals surface area contributed by atoms with Crippen LogP contribution in [-0.4, -0.2) is 13.2 Å². The normalized spacial score (nSPS) is 12.1. The standard InChI is InChI=1S/C19H23O3P/c1-3-21-23(20,22-4-2)16-15-19(17-11-7-5-8-12-17)18-13-9-6-10-14-18/h5-16,19H,3-4H2,1-2H3/b16-15+. The van der Waals surface area contributed by atoms with Gasteiger partial charge < -0.3 is 9.05 Å². The lowest BCUT2D eigenvalue weighted by molar-refractivity contribution is 0.229. The maximum atomic E-state index is 12.6. The number of hydrogen-bond acceptors (Lipinski definition) is 3. The van der Waals surface area contributed by atoms with Crippen molar-refractivity contribution in [1.29, 1.82) is 0 Å². The summed E-state index contributed by atoms with van der Waals surface area (Å²) < 4.78 is 23.3. The van der Waals surface area contributed by atoms with E-state index in [1.54, 1.807) is 5.82 Å². The Balaban J connectivity index is 2.35. The van der Waals surface area contributed by atoms with Crippen molar-refractivity contribution in [2.75, 3.05) is 13.2 Å². The SMILES string of the molecule is CCOP(=O)(/C=C/C(c1ccccc1)c1ccccc1)OCC. The average molecular weight is 330 g/mol. The zero-order chi connectivity index (χ0) is 16.5. The summed E-state index contributed by atoms with van der Waals surface area (Å²) in [7, 11) is -3.19. The third-order valence-corrected chi connectivity index (χ3v) is 5.17. The number of rotatable bonds is 8. The van der Waals surface area contributed by atoms with Gasteiger partial charge in [-0.25, -0.2) is 0 Å². The summed E-state index contributed by atoms with van der Waals surface area (Å²) in [6.07, 6.45) is 1.91. The first kappa shape index (κ1) is 17.7. The lowest BCUT2D eigenvalue weighted by Crippen LogP contribution is -1.99. The Hall–Kier alpha value is -1.67. The zero-order valence-corrected chi connectivity index (χ0v) is 14.5. The van der Waals surface area contributed by atoms with Gasteiger partial charge in [-0.3, -0.25) is 4.57 Å². The molecule has 0 bridgehead atoms. The van der Waals surface area contributed by atoms with Gasteiger partial charge in [0.15, 0.2) is 0 Å². The maximum Gasteiger partial charge on any atom is 0.353 e.